The van der Waals surface area contributed by atoms with E-state index in [9.17, 15) is 13.6 Å². The largest absolute Gasteiger partial charge is 0.381 e. The van der Waals surface area contributed by atoms with Crippen LogP contribution in [-0.2, 0) is 11.3 Å². The number of ether oxygens (including phenoxy) is 1. The van der Waals surface area contributed by atoms with E-state index < -0.39 is 17.3 Å². The normalized spacial score (nSPS) is 15.8. The van der Waals surface area contributed by atoms with E-state index in [2.05, 4.69) is 10.2 Å². The van der Waals surface area contributed by atoms with Crippen molar-refractivity contribution in [1.29, 1.82) is 0 Å². The lowest BCUT2D eigenvalue weighted by molar-refractivity contribution is 0.0650. The van der Waals surface area contributed by atoms with E-state index in [1.165, 1.54) is 16.9 Å². The fourth-order valence-electron chi connectivity index (χ4n) is 3.09. The summed E-state index contributed by atoms with van der Waals surface area (Å²) in [6.45, 7) is 1.03. The third-order valence-electron chi connectivity index (χ3n) is 4.46. The number of hydrogen-bond donors (Lipinski definition) is 0. The van der Waals surface area contributed by atoms with Crippen molar-refractivity contribution in [1.82, 2.24) is 19.6 Å². The molecule has 0 amide bonds. The second-order valence-corrected chi connectivity index (χ2v) is 6.04. The minimum Gasteiger partial charge on any atom is -0.381 e. The van der Waals surface area contributed by atoms with Crippen LogP contribution in [0.25, 0.3) is 10.9 Å². The molecule has 25 heavy (non-hydrogen) atoms. The Balaban J connectivity index is 1.75. The van der Waals surface area contributed by atoms with E-state index in [0.717, 1.165) is 4.68 Å². The van der Waals surface area contributed by atoms with Gasteiger partial charge in [0.25, 0.3) is 5.56 Å². The van der Waals surface area contributed by atoms with Crippen molar-refractivity contribution in [3.05, 3.63) is 58.1 Å². The Kier molecular flexibility index (Phi) is 4.04. The van der Waals surface area contributed by atoms with Crippen molar-refractivity contribution < 1.29 is 13.5 Å². The molecule has 0 aliphatic carbocycles. The highest BCUT2D eigenvalue weighted by atomic mass is 19.1. The first-order chi connectivity index (χ1) is 12.1. The van der Waals surface area contributed by atoms with Crippen molar-refractivity contribution in [2.24, 2.45) is 0 Å². The Bertz CT molecular complexity index is 976. The van der Waals surface area contributed by atoms with Gasteiger partial charge in [0.15, 0.2) is 5.52 Å². The zero-order chi connectivity index (χ0) is 17.4. The molecule has 1 aliphatic heterocycles. The summed E-state index contributed by atoms with van der Waals surface area (Å²) in [6.07, 6.45) is 2.67. The Labute approximate surface area is 141 Å². The van der Waals surface area contributed by atoms with Crippen LogP contribution in [0.2, 0.25) is 0 Å². The number of rotatable bonds is 3. The summed E-state index contributed by atoms with van der Waals surface area (Å²) in [6, 6.07) is 6.01. The topological polar surface area (TPSA) is 61.9 Å². The van der Waals surface area contributed by atoms with Crippen molar-refractivity contribution in [2.75, 3.05) is 13.2 Å². The number of benzene rings is 1. The highest BCUT2D eigenvalue weighted by Crippen LogP contribution is 2.20. The molecule has 1 fully saturated rings. The molecule has 3 heterocycles. The van der Waals surface area contributed by atoms with Gasteiger partial charge >= 0.3 is 0 Å². The Morgan fingerprint density at radius 2 is 1.96 bits per heavy atom. The number of nitrogens with zero attached hydrogens (tertiary/aromatic N) is 4. The number of aromatic nitrogens is 4. The molecule has 0 atom stereocenters. The third kappa shape index (κ3) is 2.82. The predicted molar refractivity (Wildman–Crippen MR) is 86.3 cm³/mol. The third-order valence-corrected chi connectivity index (χ3v) is 4.46. The maximum absolute atomic E-state index is 14.6. The molecule has 0 unspecified atom stereocenters. The van der Waals surface area contributed by atoms with Crippen molar-refractivity contribution >= 4 is 10.9 Å². The first-order valence-electron chi connectivity index (χ1n) is 8.10. The maximum Gasteiger partial charge on any atom is 0.295 e. The molecule has 0 bridgehead atoms. The molecular formula is C17H16F2N4O2. The van der Waals surface area contributed by atoms with Gasteiger partial charge in [-0.05, 0) is 18.9 Å². The van der Waals surface area contributed by atoms with Crippen LogP contribution >= 0.6 is 0 Å². The van der Waals surface area contributed by atoms with Gasteiger partial charge in [0, 0.05) is 18.8 Å². The van der Waals surface area contributed by atoms with Crippen LogP contribution in [0.15, 0.2) is 35.3 Å². The van der Waals surface area contributed by atoms with Gasteiger partial charge in [-0.3, -0.25) is 4.79 Å². The van der Waals surface area contributed by atoms with Crippen LogP contribution in [0.1, 0.15) is 24.4 Å². The van der Waals surface area contributed by atoms with Gasteiger partial charge in [0.2, 0.25) is 5.95 Å². The molecule has 0 spiro atoms. The van der Waals surface area contributed by atoms with Crippen molar-refractivity contribution in [2.45, 2.75) is 25.4 Å². The molecule has 1 saturated heterocycles. The monoisotopic (exact) mass is 346 g/mol. The van der Waals surface area contributed by atoms with E-state index in [1.807, 2.05) is 0 Å². The van der Waals surface area contributed by atoms with Crippen LogP contribution in [0.3, 0.4) is 0 Å². The molecule has 0 saturated carbocycles. The minimum absolute atomic E-state index is 0.00957. The predicted octanol–water partition coefficient (Wildman–Crippen LogP) is 2.27. The SMILES string of the molecule is O=c1c2nn(Cc3ccccc3F)c(F)c2cnn1C1CCOCC1. The number of hydrogen-bond acceptors (Lipinski definition) is 4. The highest BCUT2D eigenvalue weighted by Gasteiger charge is 2.22. The van der Waals surface area contributed by atoms with Crippen LogP contribution in [-0.4, -0.2) is 32.8 Å². The van der Waals surface area contributed by atoms with Crippen LogP contribution in [0.4, 0.5) is 8.78 Å². The van der Waals surface area contributed by atoms with Gasteiger partial charge in [-0.15, -0.1) is 0 Å². The molecule has 0 radical (unpaired) electrons. The quantitative estimate of drug-likeness (QED) is 0.730. The summed E-state index contributed by atoms with van der Waals surface area (Å²) in [4.78, 5) is 12.7. The van der Waals surface area contributed by atoms with Crippen molar-refractivity contribution in [3.63, 3.8) is 0 Å². The number of fused-ring (bicyclic) bond motifs is 1. The second-order valence-electron chi connectivity index (χ2n) is 6.04. The maximum atomic E-state index is 14.6. The van der Waals surface area contributed by atoms with Crippen LogP contribution in [0, 0.1) is 11.8 Å². The summed E-state index contributed by atoms with van der Waals surface area (Å²) in [7, 11) is 0. The van der Waals surface area contributed by atoms with E-state index in [0.29, 0.717) is 31.6 Å². The molecule has 3 aromatic rings. The lowest BCUT2D eigenvalue weighted by atomic mass is 10.1. The summed E-state index contributed by atoms with van der Waals surface area (Å²) in [5.41, 5.74) is -0.127. The van der Waals surface area contributed by atoms with E-state index in [1.54, 1.807) is 18.2 Å². The molecule has 130 valence electrons. The molecule has 1 aliphatic rings. The average molecular weight is 346 g/mol. The molecule has 8 heteroatoms. The van der Waals surface area contributed by atoms with E-state index >= 15 is 0 Å². The van der Waals surface area contributed by atoms with Gasteiger partial charge < -0.3 is 4.74 Å². The molecule has 0 N–H and O–H groups in total. The van der Waals surface area contributed by atoms with Gasteiger partial charge in [-0.25, -0.2) is 13.8 Å². The first kappa shape index (κ1) is 15.9. The Morgan fingerprint density at radius 1 is 1.20 bits per heavy atom. The van der Waals surface area contributed by atoms with E-state index in [-0.39, 0.29) is 23.5 Å². The first-order valence-corrected chi connectivity index (χ1v) is 8.10. The molecular weight excluding hydrogens is 330 g/mol. The van der Waals surface area contributed by atoms with E-state index in [4.69, 9.17) is 4.74 Å². The van der Waals surface area contributed by atoms with Gasteiger partial charge in [0.05, 0.1) is 24.2 Å². The van der Waals surface area contributed by atoms with Gasteiger partial charge in [-0.1, -0.05) is 18.2 Å². The highest BCUT2D eigenvalue weighted by molar-refractivity contribution is 5.76. The summed E-state index contributed by atoms with van der Waals surface area (Å²) < 4.78 is 36.0. The lowest BCUT2D eigenvalue weighted by Gasteiger charge is -2.22. The fourth-order valence-corrected chi connectivity index (χ4v) is 3.09. The van der Waals surface area contributed by atoms with Crippen molar-refractivity contribution in [3.8, 4) is 0 Å². The standard InChI is InChI=1S/C17H16F2N4O2/c18-14-4-2-1-3-11(14)10-22-16(19)13-9-20-23(17(24)15(13)21-22)12-5-7-25-8-6-12/h1-4,9,12H,5-8,10H2. The molecule has 1 aromatic carbocycles. The smallest absolute Gasteiger partial charge is 0.295 e. The summed E-state index contributed by atoms with van der Waals surface area (Å²) in [5.74, 6) is -1.14. The molecule has 4 rings (SSSR count). The summed E-state index contributed by atoms with van der Waals surface area (Å²) in [5, 5.41) is 8.23. The lowest BCUT2D eigenvalue weighted by Crippen LogP contribution is -2.31. The fraction of sp³-hybridized carbons (Fsp3) is 0.353. The van der Waals surface area contributed by atoms with Gasteiger partial charge in [-0.2, -0.15) is 14.6 Å². The Morgan fingerprint density at radius 3 is 2.72 bits per heavy atom. The molecule has 2 aromatic heterocycles. The molecule has 6 nitrogen and oxygen atoms in total. The van der Waals surface area contributed by atoms with Crippen LogP contribution in [0.5, 0.6) is 0 Å². The zero-order valence-corrected chi connectivity index (χ0v) is 13.4. The van der Waals surface area contributed by atoms with Crippen LogP contribution < -0.4 is 5.56 Å². The summed E-state index contributed by atoms with van der Waals surface area (Å²) >= 11 is 0. The second kappa shape index (κ2) is 6.36. The average Bonchev–Trinajstić information content (AvgIpc) is 2.95. The Hall–Kier alpha value is -2.61. The minimum atomic E-state index is -0.693. The van der Waals surface area contributed by atoms with Gasteiger partial charge in [0.1, 0.15) is 5.82 Å². The number of halogens is 2. The zero-order valence-electron chi connectivity index (χ0n) is 13.4.